The highest BCUT2D eigenvalue weighted by molar-refractivity contribution is 5.78. The summed E-state index contributed by atoms with van der Waals surface area (Å²) in [4.78, 5) is 28.0. The fourth-order valence-corrected chi connectivity index (χ4v) is 4.54. The molecule has 0 N–H and O–H groups in total. The molecular weight excluding hydrogens is 378 g/mol. The maximum atomic E-state index is 13.1. The Bertz CT molecular complexity index is 1100. The molecule has 30 heavy (non-hydrogen) atoms. The second-order valence-corrected chi connectivity index (χ2v) is 7.85. The molecule has 1 aromatic heterocycles. The molecule has 3 aromatic rings. The summed E-state index contributed by atoms with van der Waals surface area (Å²) in [5.74, 6) is 0.904. The predicted molar refractivity (Wildman–Crippen MR) is 118 cm³/mol. The van der Waals surface area contributed by atoms with Gasteiger partial charge in [0.05, 0.1) is 24.2 Å². The van der Waals surface area contributed by atoms with Crippen LogP contribution >= 0.6 is 0 Å². The molecule has 4 rings (SSSR count). The molecule has 1 fully saturated rings. The number of carbonyl (C=O) groups excluding carboxylic acids is 1. The van der Waals surface area contributed by atoms with E-state index in [1.165, 1.54) is 0 Å². The third-order valence-corrected chi connectivity index (χ3v) is 5.97. The molecule has 0 aliphatic carbocycles. The van der Waals surface area contributed by atoms with Crippen LogP contribution in [0.2, 0.25) is 0 Å². The van der Waals surface area contributed by atoms with E-state index in [1.54, 1.807) is 11.7 Å². The molecule has 1 aliphatic rings. The Labute approximate surface area is 176 Å². The summed E-state index contributed by atoms with van der Waals surface area (Å²) in [7, 11) is 1.66. The lowest BCUT2D eigenvalue weighted by Gasteiger charge is -2.25. The summed E-state index contributed by atoms with van der Waals surface area (Å²) in [6.45, 7) is 3.90. The highest BCUT2D eigenvalue weighted by atomic mass is 16.5. The van der Waals surface area contributed by atoms with Crippen molar-refractivity contribution in [3.63, 3.8) is 0 Å². The van der Waals surface area contributed by atoms with Gasteiger partial charge in [0, 0.05) is 26.1 Å². The number of amides is 1. The van der Waals surface area contributed by atoms with Crippen molar-refractivity contribution in [1.29, 1.82) is 0 Å². The van der Waals surface area contributed by atoms with Crippen LogP contribution in [0.4, 0.5) is 0 Å². The van der Waals surface area contributed by atoms with Gasteiger partial charge in [-0.1, -0.05) is 31.2 Å². The first-order chi connectivity index (χ1) is 14.6. The number of hydrogen-bond acceptors (Lipinski definition) is 3. The number of imidazole rings is 1. The van der Waals surface area contributed by atoms with Gasteiger partial charge in [0.1, 0.15) is 5.75 Å². The molecular formula is C24H29N3O3. The molecule has 6 nitrogen and oxygen atoms in total. The van der Waals surface area contributed by atoms with E-state index in [0.29, 0.717) is 19.5 Å². The van der Waals surface area contributed by atoms with Crippen LogP contribution in [0.3, 0.4) is 0 Å². The van der Waals surface area contributed by atoms with Crippen molar-refractivity contribution in [2.45, 2.75) is 51.7 Å². The van der Waals surface area contributed by atoms with Gasteiger partial charge in [-0.3, -0.25) is 13.9 Å². The summed E-state index contributed by atoms with van der Waals surface area (Å²) >= 11 is 0. The Morgan fingerprint density at radius 3 is 2.50 bits per heavy atom. The second-order valence-electron chi connectivity index (χ2n) is 7.85. The van der Waals surface area contributed by atoms with Crippen molar-refractivity contribution in [2.75, 3.05) is 13.7 Å². The zero-order valence-electron chi connectivity index (χ0n) is 17.7. The molecule has 0 saturated carbocycles. The van der Waals surface area contributed by atoms with Crippen LogP contribution in [0.15, 0.2) is 53.3 Å². The fourth-order valence-electron chi connectivity index (χ4n) is 4.54. The number of carbonyl (C=O) groups is 1. The minimum Gasteiger partial charge on any atom is -0.497 e. The lowest BCUT2D eigenvalue weighted by molar-refractivity contribution is -0.132. The lowest BCUT2D eigenvalue weighted by atomic mass is 10.0. The van der Waals surface area contributed by atoms with Crippen LogP contribution in [-0.2, 0) is 17.9 Å². The first kappa shape index (κ1) is 20.3. The molecule has 1 saturated heterocycles. The minimum absolute atomic E-state index is 0.0309. The first-order valence-corrected chi connectivity index (χ1v) is 10.8. The summed E-state index contributed by atoms with van der Waals surface area (Å²) in [5, 5.41) is 0. The molecule has 158 valence electrons. The van der Waals surface area contributed by atoms with Gasteiger partial charge in [-0.25, -0.2) is 4.79 Å². The monoisotopic (exact) mass is 407 g/mol. The van der Waals surface area contributed by atoms with Crippen molar-refractivity contribution >= 4 is 16.9 Å². The van der Waals surface area contributed by atoms with E-state index >= 15 is 0 Å². The van der Waals surface area contributed by atoms with Crippen molar-refractivity contribution in [2.24, 2.45) is 0 Å². The Kier molecular flexibility index (Phi) is 5.93. The topological polar surface area (TPSA) is 56.5 Å². The van der Waals surface area contributed by atoms with Gasteiger partial charge in [-0.05, 0) is 49.1 Å². The van der Waals surface area contributed by atoms with Crippen LogP contribution in [0.5, 0.6) is 5.75 Å². The summed E-state index contributed by atoms with van der Waals surface area (Å²) < 4.78 is 8.91. The maximum Gasteiger partial charge on any atom is 0.329 e. The Balaban J connectivity index is 1.53. The number of ether oxygens (including phenoxy) is 1. The Morgan fingerprint density at radius 1 is 1.07 bits per heavy atom. The molecule has 1 atom stereocenters. The molecule has 1 amide bonds. The number of likely N-dealkylation sites (tertiary alicyclic amines) is 1. The molecule has 2 aromatic carbocycles. The largest absolute Gasteiger partial charge is 0.497 e. The summed E-state index contributed by atoms with van der Waals surface area (Å²) in [6, 6.07) is 15.9. The predicted octanol–water partition coefficient (Wildman–Crippen LogP) is 3.98. The van der Waals surface area contributed by atoms with Crippen LogP contribution in [0, 0.1) is 0 Å². The standard InChI is InChI=1S/C24H29N3O3/c1-3-14-26-21-10-4-5-11-22(21)27(24(26)29)16-13-23(28)25-15-7-12-20(25)18-8-6-9-19(17-18)30-2/h4-6,8-11,17,20H,3,7,12-16H2,1-2H3. The quantitative estimate of drug-likeness (QED) is 0.595. The number of benzene rings is 2. The van der Waals surface area contributed by atoms with Crippen molar-refractivity contribution < 1.29 is 9.53 Å². The number of rotatable bonds is 7. The van der Waals surface area contributed by atoms with E-state index in [-0.39, 0.29) is 17.6 Å². The van der Waals surface area contributed by atoms with Crippen LogP contribution in [0.1, 0.15) is 44.2 Å². The molecule has 0 radical (unpaired) electrons. The number of methoxy groups -OCH3 is 1. The van der Waals surface area contributed by atoms with Gasteiger partial charge >= 0.3 is 5.69 Å². The van der Waals surface area contributed by atoms with Gasteiger partial charge in [-0.15, -0.1) is 0 Å². The van der Waals surface area contributed by atoms with E-state index in [0.717, 1.165) is 48.2 Å². The second kappa shape index (κ2) is 8.78. The maximum absolute atomic E-state index is 13.1. The fraction of sp³-hybridized carbons (Fsp3) is 0.417. The van der Waals surface area contributed by atoms with E-state index < -0.39 is 0 Å². The zero-order valence-corrected chi connectivity index (χ0v) is 17.7. The van der Waals surface area contributed by atoms with Gasteiger partial charge < -0.3 is 9.64 Å². The SMILES string of the molecule is CCCn1c(=O)n(CCC(=O)N2CCCC2c2cccc(OC)c2)c2ccccc21. The zero-order chi connectivity index (χ0) is 21.1. The molecule has 6 heteroatoms. The van der Waals surface area contributed by atoms with E-state index in [9.17, 15) is 9.59 Å². The average Bonchev–Trinajstić information content (AvgIpc) is 3.37. The third kappa shape index (κ3) is 3.74. The molecule has 0 bridgehead atoms. The molecule has 1 unspecified atom stereocenters. The minimum atomic E-state index is -0.0309. The Hall–Kier alpha value is -3.02. The van der Waals surface area contributed by atoms with Crippen molar-refractivity contribution in [1.82, 2.24) is 14.0 Å². The Morgan fingerprint density at radius 2 is 1.80 bits per heavy atom. The number of aromatic nitrogens is 2. The highest BCUT2D eigenvalue weighted by Crippen LogP contribution is 2.34. The third-order valence-electron chi connectivity index (χ3n) is 5.97. The van der Waals surface area contributed by atoms with E-state index in [1.807, 2.05) is 51.9 Å². The van der Waals surface area contributed by atoms with Gasteiger partial charge in [0.2, 0.25) is 5.91 Å². The number of para-hydroxylation sites is 2. The van der Waals surface area contributed by atoms with Gasteiger partial charge in [0.25, 0.3) is 0 Å². The van der Waals surface area contributed by atoms with Gasteiger partial charge in [0.15, 0.2) is 0 Å². The summed E-state index contributed by atoms with van der Waals surface area (Å²) in [5.41, 5.74) is 2.91. The summed E-state index contributed by atoms with van der Waals surface area (Å²) in [6.07, 6.45) is 3.15. The number of nitrogens with zero attached hydrogens (tertiary/aromatic N) is 3. The number of fused-ring (bicyclic) bond motifs is 1. The molecule has 0 spiro atoms. The normalized spacial score (nSPS) is 16.3. The van der Waals surface area contributed by atoms with Crippen LogP contribution < -0.4 is 10.4 Å². The van der Waals surface area contributed by atoms with Crippen LogP contribution in [-0.4, -0.2) is 33.6 Å². The van der Waals surface area contributed by atoms with Crippen molar-refractivity contribution in [3.8, 4) is 5.75 Å². The highest BCUT2D eigenvalue weighted by Gasteiger charge is 2.30. The van der Waals surface area contributed by atoms with Crippen molar-refractivity contribution in [3.05, 3.63) is 64.6 Å². The first-order valence-electron chi connectivity index (χ1n) is 10.8. The van der Waals surface area contributed by atoms with E-state index in [2.05, 4.69) is 13.0 Å². The molecule has 2 heterocycles. The van der Waals surface area contributed by atoms with Crippen LogP contribution in [0.25, 0.3) is 11.0 Å². The van der Waals surface area contributed by atoms with Gasteiger partial charge in [-0.2, -0.15) is 0 Å². The average molecular weight is 408 g/mol. The number of hydrogen-bond donors (Lipinski definition) is 0. The number of aryl methyl sites for hydroxylation is 2. The molecule has 1 aliphatic heterocycles. The smallest absolute Gasteiger partial charge is 0.329 e. The van der Waals surface area contributed by atoms with E-state index in [4.69, 9.17) is 4.74 Å². The lowest BCUT2D eigenvalue weighted by Crippen LogP contribution is -2.32.